The molecule has 0 N–H and O–H groups in total. The van der Waals surface area contributed by atoms with Crippen LogP contribution in [-0.2, 0) is 5.41 Å². The smallest absolute Gasteiger partial charge is 0.160 e. The van der Waals surface area contributed by atoms with Gasteiger partial charge in [0.05, 0.1) is 28.1 Å². The molecule has 0 saturated carbocycles. The van der Waals surface area contributed by atoms with Crippen LogP contribution in [-0.4, -0.2) is 14.5 Å². The van der Waals surface area contributed by atoms with Gasteiger partial charge >= 0.3 is 0 Å². The fraction of sp³-hybridized carbons (Fsp3) is 0.0526. The van der Waals surface area contributed by atoms with Crippen LogP contribution in [0.4, 0.5) is 0 Å². The van der Waals surface area contributed by atoms with Crippen molar-refractivity contribution in [2.45, 2.75) is 19.3 Å². The third-order valence-electron chi connectivity index (χ3n) is 12.8. The van der Waals surface area contributed by atoms with Crippen molar-refractivity contribution in [1.29, 1.82) is 0 Å². The lowest BCUT2D eigenvalue weighted by Gasteiger charge is -2.22. The van der Waals surface area contributed by atoms with Gasteiger partial charge in [0.2, 0.25) is 0 Å². The zero-order valence-corrected chi connectivity index (χ0v) is 33.4. The van der Waals surface area contributed by atoms with Crippen molar-refractivity contribution in [3.63, 3.8) is 0 Å². The Hall–Kier alpha value is -7.62. The maximum atomic E-state index is 5.38. The van der Waals surface area contributed by atoms with Gasteiger partial charge in [0, 0.05) is 38.4 Å². The first kappa shape index (κ1) is 34.4. The molecule has 3 heteroatoms. The third-order valence-corrected chi connectivity index (χ3v) is 12.8. The highest BCUT2D eigenvalue weighted by atomic mass is 15.0. The van der Waals surface area contributed by atoms with Crippen LogP contribution in [0.2, 0.25) is 0 Å². The molecule has 0 fully saturated rings. The lowest BCUT2D eigenvalue weighted by Crippen LogP contribution is -2.14. The zero-order valence-electron chi connectivity index (χ0n) is 33.4. The summed E-state index contributed by atoms with van der Waals surface area (Å²) in [7, 11) is 0. The minimum absolute atomic E-state index is 0.162. The van der Waals surface area contributed by atoms with Gasteiger partial charge < -0.3 is 4.57 Å². The number of para-hydroxylation sites is 3. The van der Waals surface area contributed by atoms with Crippen LogP contribution in [0.1, 0.15) is 25.0 Å². The van der Waals surface area contributed by atoms with Gasteiger partial charge in [0.25, 0.3) is 0 Å². The van der Waals surface area contributed by atoms with E-state index in [1.54, 1.807) is 0 Å². The Morgan fingerprint density at radius 1 is 0.383 bits per heavy atom. The fourth-order valence-electron chi connectivity index (χ4n) is 9.96. The van der Waals surface area contributed by atoms with Crippen molar-refractivity contribution in [2.24, 2.45) is 0 Å². The van der Waals surface area contributed by atoms with Gasteiger partial charge in [0.1, 0.15) is 0 Å². The number of aromatic nitrogens is 3. The number of hydrogen-bond donors (Lipinski definition) is 0. The average Bonchev–Trinajstić information content (AvgIpc) is 3.76. The molecule has 282 valence electrons. The standard InChI is InChI=1S/C57H39N3/c1-57(2)48-27-16-26-46(55(48)47-33-37-19-6-7-20-38(37)34-49(47)57)51-35-50(58-56(59-51)36-17-4-3-5-18-36)42-32-31-41(39-21-8-9-22-40(39)42)43-23-10-13-28-52(43)60-53-29-14-11-24-44(53)45-25-12-15-30-54(45)60/h3-35H,1-2H3. The summed E-state index contributed by atoms with van der Waals surface area (Å²) in [6, 6.07) is 72.4. The first-order valence-corrected chi connectivity index (χ1v) is 20.7. The van der Waals surface area contributed by atoms with E-state index < -0.39 is 0 Å². The van der Waals surface area contributed by atoms with Gasteiger partial charge in [-0.2, -0.15) is 0 Å². The summed E-state index contributed by atoms with van der Waals surface area (Å²) in [5, 5.41) is 7.33. The Morgan fingerprint density at radius 2 is 0.933 bits per heavy atom. The first-order valence-electron chi connectivity index (χ1n) is 20.7. The van der Waals surface area contributed by atoms with Crippen LogP contribution in [0.3, 0.4) is 0 Å². The second-order valence-corrected chi connectivity index (χ2v) is 16.5. The molecule has 0 atom stereocenters. The Bertz CT molecular complexity index is 3470. The molecule has 11 aromatic rings. The van der Waals surface area contributed by atoms with Crippen LogP contribution >= 0.6 is 0 Å². The van der Waals surface area contributed by atoms with E-state index in [4.69, 9.17) is 9.97 Å². The van der Waals surface area contributed by atoms with Crippen LogP contribution in [0, 0.1) is 0 Å². The molecule has 9 aromatic carbocycles. The maximum Gasteiger partial charge on any atom is 0.160 e. The molecule has 0 radical (unpaired) electrons. The van der Waals surface area contributed by atoms with E-state index in [9.17, 15) is 0 Å². The molecule has 0 spiro atoms. The van der Waals surface area contributed by atoms with E-state index in [0.717, 1.165) is 39.2 Å². The van der Waals surface area contributed by atoms with Gasteiger partial charge in [-0.05, 0) is 85.8 Å². The highest BCUT2D eigenvalue weighted by Crippen LogP contribution is 2.53. The van der Waals surface area contributed by atoms with Crippen LogP contribution in [0.25, 0.3) is 105 Å². The number of nitrogens with zero attached hydrogens (tertiary/aromatic N) is 3. The quantitative estimate of drug-likeness (QED) is 0.175. The van der Waals surface area contributed by atoms with Crippen molar-refractivity contribution in [3.05, 3.63) is 211 Å². The molecule has 12 rings (SSSR count). The van der Waals surface area contributed by atoms with Gasteiger partial charge in [-0.1, -0.05) is 178 Å². The highest BCUT2D eigenvalue weighted by Gasteiger charge is 2.37. The summed E-state index contributed by atoms with van der Waals surface area (Å²) in [5.74, 6) is 0.710. The zero-order chi connectivity index (χ0) is 40.0. The molecule has 2 aromatic heterocycles. The van der Waals surface area contributed by atoms with E-state index in [1.807, 2.05) is 6.07 Å². The third kappa shape index (κ3) is 5.15. The summed E-state index contributed by atoms with van der Waals surface area (Å²) < 4.78 is 2.42. The Balaban J connectivity index is 1.08. The van der Waals surface area contributed by atoms with E-state index in [-0.39, 0.29) is 5.41 Å². The summed E-state index contributed by atoms with van der Waals surface area (Å²) in [5.41, 5.74) is 15.9. The largest absolute Gasteiger partial charge is 0.309 e. The lowest BCUT2D eigenvalue weighted by atomic mass is 9.81. The van der Waals surface area contributed by atoms with Crippen molar-refractivity contribution in [1.82, 2.24) is 14.5 Å². The van der Waals surface area contributed by atoms with Crippen LogP contribution in [0.5, 0.6) is 0 Å². The normalized spacial score (nSPS) is 13.0. The topological polar surface area (TPSA) is 30.7 Å². The minimum atomic E-state index is -0.162. The summed E-state index contributed by atoms with van der Waals surface area (Å²) in [4.78, 5) is 10.8. The lowest BCUT2D eigenvalue weighted by molar-refractivity contribution is 0.661. The second kappa shape index (κ2) is 13.2. The Kier molecular flexibility index (Phi) is 7.58. The number of fused-ring (bicyclic) bond motifs is 8. The molecule has 0 unspecified atom stereocenters. The molecule has 1 aliphatic carbocycles. The predicted octanol–water partition coefficient (Wildman–Crippen LogP) is 14.9. The first-order chi connectivity index (χ1) is 29.5. The summed E-state index contributed by atoms with van der Waals surface area (Å²) >= 11 is 0. The molecule has 0 saturated heterocycles. The molecule has 2 heterocycles. The monoisotopic (exact) mass is 765 g/mol. The van der Waals surface area contributed by atoms with Crippen molar-refractivity contribution in [2.75, 3.05) is 0 Å². The van der Waals surface area contributed by atoms with Crippen LogP contribution in [0.15, 0.2) is 200 Å². The Morgan fingerprint density at radius 3 is 1.67 bits per heavy atom. The van der Waals surface area contributed by atoms with E-state index in [2.05, 4.69) is 213 Å². The van der Waals surface area contributed by atoms with Crippen molar-refractivity contribution in [3.8, 4) is 61.8 Å². The fourth-order valence-corrected chi connectivity index (χ4v) is 9.96. The molecule has 0 amide bonds. The minimum Gasteiger partial charge on any atom is -0.309 e. The maximum absolute atomic E-state index is 5.38. The summed E-state index contributed by atoms with van der Waals surface area (Å²) in [6.07, 6.45) is 0. The summed E-state index contributed by atoms with van der Waals surface area (Å²) in [6.45, 7) is 4.70. The number of benzene rings is 9. The molecule has 3 nitrogen and oxygen atoms in total. The average molecular weight is 766 g/mol. The molecule has 1 aliphatic rings. The van der Waals surface area contributed by atoms with Gasteiger partial charge in [-0.25, -0.2) is 9.97 Å². The molecule has 0 aliphatic heterocycles. The molecule has 60 heavy (non-hydrogen) atoms. The SMILES string of the molecule is CC1(C)c2cc3ccccc3cc2-c2c(-c3cc(-c4ccc(-c5ccccc5-n5c6ccccc6c6ccccc65)c5ccccc45)nc(-c4ccccc4)n3)cccc21. The number of rotatable bonds is 5. The number of hydrogen-bond acceptors (Lipinski definition) is 2. The van der Waals surface area contributed by atoms with Gasteiger partial charge in [0.15, 0.2) is 5.82 Å². The Labute approximate surface area is 348 Å². The van der Waals surface area contributed by atoms with Crippen LogP contribution < -0.4 is 0 Å². The predicted molar refractivity (Wildman–Crippen MR) is 251 cm³/mol. The van der Waals surface area contributed by atoms with E-state index in [1.165, 1.54) is 71.3 Å². The van der Waals surface area contributed by atoms with E-state index >= 15 is 0 Å². The second-order valence-electron chi connectivity index (χ2n) is 16.5. The van der Waals surface area contributed by atoms with Crippen molar-refractivity contribution < 1.29 is 0 Å². The van der Waals surface area contributed by atoms with Gasteiger partial charge in [-0.3, -0.25) is 0 Å². The molecule has 0 bridgehead atoms. The van der Waals surface area contributed by atoms with Crippen molar-refractivity contribution >= 4 is 43.4 Å². The molecular weight excluding hydrogens is 727 g/mol. The van der Waals surface area contributed by atoms with Gasteiger partial charge in [-0.15, -0.1) is 0 Å². The molecular formula is C57H39N3. The highest BCUT2D eigenvalue weighted by molar-refractivity contribution is 6.11. The van der Waals surface area contributed by atoms with E-state index in [0.29, 0.717) is 5.82 Å².